The summed E-state index contributed by atoms with van der Waals surface area (Å²) in [6.07, 6.45) is 4.08. The Morgan fingerprint density at radius 3 is 2.50 bits per heavy atom. The molecule has 36 heavy (non-hydrogen) atoms. The molecule has 2 aliphatic rings. The molecule has 0 unspecified atom stereocenters. The standard InChI is InChI=1S/C26H26FN5O2S2/c1-3-17(2)32-25(34)21(36-26(32)35)16-18-23(28-22-10-6-7-11-31(22)24(18)33)30-14-12-29(13-15-30)20-9-5-4-8-19(20)27/h4-11,16-17H,3,12-15H2,1-2H3/b21-16-/t17-/m0/s1. The van der Waals surface area contributed by atoms with Crippen molar-refractivity contribution in [3.8, 4) is 0 Å². The fourth-order valence-electron chi connectivity index (χ4n) is 4.50. The minimum atomic E-state index is -0.253. The molecule has 4 heterocycles. The first-order chi connectivity index (χ1) is 17.4. The monoisotopic (exact) mass is 523 g/mol. The second-order valence-electron chi connectivity index (χ2n) is 8.82. The van der Waals surface area contributed by atoms with Gasteiger partial charge in [0.25, 0.3) is 11.5 Å². The zero-order valence-corrected chi connectivity index (χ0v) is 21.7. The topological polar surface area (TPSA) is 61.2 Å². The van der Waals surface area contributed by atoms with Crippen LogP contribution in [0, 0.1) is 5.82 Å². The molecule has 0 saturated carbocycles. The Labute approximate surface area is 218 Å². The Kier molecular flexibility index (Phi) is 6.81. The molecule has 0 N–H and O–H groups in total. The first-order valence-electron chi connectivity index (χ1n) is 11.9. The van der Waals surface area contributed by atoms with Crippen molar-refractivity contribution < 1.29 is 9.18 Å². The normalized spacial score (nSPS) is 18.5. The van der Waals surface area contributed by atoms with Crippen molar-refractivity contribution in [1.29, 1.82) is 0 Å². The van der Waals surface area contributed by atoms with Gasteiger partial charge in [-0.25, -0.2) is 9.37 Å². The maximum atomic E-state index is 14.3. The lowest BCUT2D eigenvalue weighted by Crippen LogP contribution is -2.47. The van der Waals surface area contributed by atoms with Crippen LogP contribution in [-0.2, 0) is 4.79 Å². The molecule has 0 spiro atoms. The molecule has 0 aliphatic carbocycles. The van der Waals surface area contributed by atoms with E-state index in [-0.39, 0.29) is 23.3 Å². The highest BCUT2D eigenvalue weighted by Gasteiger charge is 2.35. The number of hydrogen-bond donors (Lipinski definition) is 0. The number of carbonyl (C=O) groups is 1. The van der Waals surface area contributed by atoms with Gasteiger partial charge < -0.3 is 9.80 Å². The molecule has 2 saturated heterocycles. The number of pyridine rings is 1. The SMILES string of the molecule is CC[C@H](C)N1C(=O)/C(=C/c2c(N3CCN(c4ccccc4F)CC3)nc3ccccn3c2=O)SC1=S. The summed E-state index contributed by atoms with van der Waals surface area (Å²) in [6, 6.07) is 12.1. The predicted octanol–water partition coefficient (Wildman–Crippen LogP) is 4.16. The van der Waals surface area contributed by atoms with Gasteiger partial charge in [0, 0.05) is 38.4 Å². The molecular formula is C26H26FN5O2S2. The molecule has 10 heteroatoms. The quantitative estimate of drug-likeness (QED) is 0.368. The predicted molar refractivity (Wildman–Crippen MR) is 147 cm³/mol. The molecule has 0 bridgehead atoms. The van der Waals surface area contributed by atoms with E-state index in [1.165, 1.54) is 22.2 Å². The summed E-state index contributed by atoms with van der Waals surface area (Å²) in [4.78, 5) is 37.7. The summed E-state index contributed by atoms with van der Waals surface area (Å²) in [5, 5.41) is 0. The van der Waals surface area contributed by atoms with Gasteiger partial charge in [0.2, 0.25) is 0 Å². The molecule has 2 aromatic heterocycles. The van der Waals surface area contributed by atoms with E-state index in [0.717, 1.165) is 6.42 Å². The number of amides is 1. The second kappa shape index (κ2) is 10.0. The summed E-state index contributed by atoms with van der Waals surface area (Å²) in [6.45, 7) is 6.22. The van der Waals surface area contributed by atoms with E-state index in [2.05, 4.69) is 0 Å². The van der Waals surface area contributed by atoms with Crippen molar-refractivity contribution >= 4 is 57.4 Å². The lowest BCUT2D eigenvalue weighted by molar-refractivity contribution is -0.123. The molecule has 3 aromatic rings. The lowest BCUT2D eigenvalue weighted by Gasteiger charge is -2.37. The largest absolute Gasteiger partial charge is 0.366 e. The van der Waals surface area contributed by atoms with E-state index < -0.39 is 0 Å². The van der Waals surface area contributed by atoms with Crippen LogP contribution in [0.25, 0.3) is 11.7 Å². The average Bonchev–Trinajstić information content (AvgIpc) is 3.18. The molecule has 5 rings (SSSR count). The van der Waals surface area contributed by atoms with Crippen LogP contribution in [0.5, 0.6) is 0 Å². The molecular weight excluding hydrogens is 497 g/mol. The van der Waals surface area contributed by atoms with Crippen molar-refractivity contribution in [2.45, 2.75) is 26.3 Å². The number of halogens is 1. The number of nitrogens with zero attached hydrogens (tertiary/aromatic N) is 5. The number of benzene rings is 1. The molecule has 186 valence electrons. The first kappa shape index (κ1) is 24.5. The van der Waals surface area contributed by atoms with Crippen molar-refractivity contribution in [3.05, 3.63) is 75.3 Å². The summed E-state index contributed by atoms with van der Waals surface area (Å²) in [5.41, 5.74) is 1.19. The number of para-hydroxylation sites is 1. The van der Waals surface area contributed by atoms with Gasteiger partial charge in [-0.1, -0.05) is 49.1 Å². The Hall–Kier alpha value is -3.24. The molecule has 2 fully saturated rings. The van der Waals surface area contributed by atoms with Gasteiger partial charge in [-0.2, -0.15) is 0 Å². The molecule has 1 amide bonds. The van der Waals surface area contributed by atoms with Crippen LogP contribution >= 0.6 is 24.0 Å². The Morgan fingerprint density at radius 2 is 1.78 bits per heavy atom. The minimum Gasteiger partial charge on any atom is -0.366 e. The Bertz CT molecular complexity index is 1430. The van der Waals surface area contributed by atoms with Gasteiger partial charge in [-0.05, 0) is 43.7 Å². The van der Waals surface area contributed by atoms with E-state index in [9.17, 15) is 14.0 Å². The van der Waals surface area contributed by atoms with Crippen molar-refractivity contribution in [2.24, 2.45) is 0 Å². The Balaban J connectivity index is 1.52. The fraction of sp³-hybridized carbons (Fsp3) is 0.308. The summed E-state index contributed by atoms with van der Waals surface area (Å²) < 4.78 is 16.3. The third kappa shape index (κ3) is 4.39. The smallest absolute Gasteiger partial charge is 0.267 e. The molecule has 0 radical (unpaired) electrons. The van der Waals surface area contributed by atoms with E-state index >= 15 is 0 Å². The average molecular weight is 524 g/mol. The molecule has 1 atom stereocenters. The first-order valence-corrected chi connectivity index (χ1v) is 13.1. The van der Waals surface area contributed by atoms with Crippen LogP contribution in [0.15, 0.2) is 58.4 Å². The highest BCUT2D eigenvalue weighted by molar-refractivity contribution is 8.26. The van der Waals surface area contributed by atoms with Crippen molar-refractivity contribution in [1.82, 2.24) is 14.3 Å². The molecule has 1 aromatic carbocycles. The van der Waals surface area contributed by atoms with Crippen LogP contribution in [0.1, 0.15) is 25.8 Å². The number of rotatable bonds is 5. The van der Waals surface area contributed by atoms with Gasteiger partial charge in [0.15, 0.2) is 0 Å². The summed E-state index contributed by atoms with van der Waals surface area (Å²) in [5.74, 6) is 0.0810. The van der Waals surface area contributed by atoms with Crippen LogP contribution < -0.4 is 15.4 Å². The van der Waals surface area contributed by atoms with Gasteiger partial charge in [-0.3, -0.25) is 18.9 Å². The number of piperazine rings is 1. The molecule has 2 aliphatic heterocycles. The number of carbonyl (C=O) groups excluding carboxylic acids is 1. The van der Waals surface area contributed by atoms with Crippen LogP contribution in [-0.4, -0.2) is 56.7 Å². The van der Waals surface area contributed by atoms with Gasteiger partial charge in [0.05, 0.1) is 16.2 Å². The van der Waals surface area contributed by atoms with E-state index in [1.54, 1.807) is 41.4 Å². The number of anilines is 2. The summed E-state index contributed by atoms with van der Waals surface area (Å²) >= 11 is 6.69. The third-order valence-corrected chi connectivity index (χ3v) is 7.98. The number of fused-ring (bicyclic) bond motifs is 1. The van der Waals surface area contributed by atoms with E-state index in [0.29, 0.717) is 58.1 Å². The second-order valence-corrected chi connectivity index (χ2v) is 10.5. The van der Waals surface area contributed by atoms with E-state index in [4.69, 9.17) is 17.2 Å². The Morgan fingerprint density at radius 1 is 1.08 bits per heavy atom. The highest BCUT2D eigenvalue weighted by atomic mass is 32.2. The molecule has 7 nitrogen and oxygen atoms in total. The van der Waals surface area contributed by atoms with Crippen molar-refractivity contribution in [3.63, 3.8) is 0 Å². The highest BCUT2D eigenvalue weighted by Crippen LogP contribution is 2.35. The zero-order chi connectivity index (χ0) is 25.4. The fourth-order valence-corrected chi connectivity index (χ4v) is 5.94. The summed E-state index contributed by atoms with van der Waals surface area (Å²) in [7, 11) is 0. The van der Waals surface area contributed by atoms with Crippen LogP contribution in [0.3, 0.4) is 0 Å². The number of aromatic nitrogens is 2. The van der Waals surface area contributed by atoms with Gasteiger partial charge in [-0.15, -0.1) is 0 Å². The number of thioether (sulfide) groups is 1. The lowest BCUT2D eigenvalue weighted by atomic mass is 10.2. The van der Waals surface area contributed by atoms with Gasteiger partial charge in [0.1, 0.15) is 21.6 Å². The van der Waals surface area contributed by atoms with Gasteiger partial charge >= 0.3 is 0 Å². The maximum Gasteiger partial charge on any atom is 0.267 e. The van der Waals surface area contributed by atoms with Crippen LogP contribution in [0.2, 0.25) is 0 Å². The zero-order valence-electron chi connectivity index (χ0n) is 20.1. The number of hydrogen-bond acceptors (Lipinski definition) is 7. The maximum absolute atomic E-state index is 14.3. The number of thiocarbonyl (C=S) groups is 1. The van der Waals surface area contributed by atoms with E-state index in [1.807, 2.05) is 35.8 Å². The third-order valence-electron chi connectivity index (χ3n) is 6.65. The van der Waals surface area contributed by atoms with Crippen LogP contribution in [0.4, 0.5) is 15.9 Å². The van der Waals surface area contributed by atoms with Crippen molar-refractivity contribution in [2.75, 3.05) is 36.0 Å². The minimum absolute atomic E-state index is 0.0230.